The summed E-state index contributed by atoms with van der Waals surface area (Å²) in [5, 5.41) is 1.11. The Kier molecular flexibility index (Phi) is 3.75. The van der Waals surface area contributed by atoms with Crippen LogP contribution in [-0.4, -0.2) is 19.9 Å². The highest BCUT2D eigenvalue weighted by Crippen LogP contribution is 2.32. The standard InChI is InChI=1S/C20H23N3O/c1-14-21-11-12-23(14)13-15-7-3-5-10-18-19(20(15)24)16-8-4-6-9-17(16)22(18)2/h4,6,8-9,11-12,15H,3,5,7,10,13H2,1-2H3. The highest BCUT2D eigenvalue weighted by Gasteiger charge is 2.29. The molecule has 2 aromatic heterocycles. The number of aromatic nitrogens is 3. The van der Waals surface area contributed by atoms with E-state index in [4.69, 9.17) is 0 Å². The monoisotopic (exact) mass is 321 g/mol. The number of Topliss-reactive ketones (excluding diaryl/α,β-unsaturated/α-hetero) is 1. The predicted octanol–water partition coefficient (Wildman–Crippen LogP) is 3.91. The number of carbonyl (C=O) groups excluding carboxylic acids is 1. The van der Waals surface area contributed by atoms with Crippen LogP contribution in [0.5, 0.6) is 0 Å². The van der Waals surface area contributed by atoms with Crippen molar-refractivity contribution in [3.05, 3.63) is 53.7 Å². The molecule has 0 saturated carbocycles. The largest absolute Gasteiger partial charge is 0.347 e. The van der Waals surface area contributed by atoms with Gasteiger partial charge in [0.15, 0.2) is 5.78 Å². The molecule has 4 rings (SSSR count). The molecule has 1 atom stereocenters. The van der Waals surface area contributed by atoms with E-state index in [1.807, 2.05) is 31.5 Å². The van der Waals surface area contributed by atoms with Gasteiger partial charge in [-0.3, -0.25) is 4.79 Å². The van der Waals surface area contributed by atoms with Gasteiger partial charge in [-0.2, -0.15) is 0 Å². The van der Waals surface area contributed by atoms with Crippen LogP contribution in [0.3, 0.4) is 0 Å². The van der Waals surface area contributed by atoms with Crippen molar-refractivity contribution in [2.24, 2.45) is 13.0 Å². The maximum Gasteiger partial charge on any atom is 0.170 e. The maximum atomic E-state index is 13.4. The van der Waals surface area contributed by atoms with Gasteiger partial charge in [-0.1, -0.05) is 24.6 Å². The molecule has 0 spiro atoms. The molecule has 3 aromatic rings. The van der Waals surface area contributed by atoms with Crippen LogP contribution in [0.2, 0.25) is 0 Å². The Hall–Kier alpha value is -2.36. The fraction of sp³-hybridized carbons (Fsp3) is 0.400. The molecule has 1 aliphatic rings. The third kappa shape index (κ3) is 2.37. The molecule has 0 amide bonds. The van der Waals surface area contributed by atoms with Crippen molar-refractivity contribution in [1.82, 2.24) is 14.1 Å². The number of rotatable bonds is 2. The zero-order chi connectivity index (χ0) is 16.7. The van der Waals surface area contributed by atoms with Gasteiger partial charge in [-0.15, -0.1) is 0 Å². The molecular formula is C20H23N3O. The fourth-order valence-electron chi connectivity index (χ4n) is 4.04. The number of hydrogen-bond donors (Lipinski definition) is 0. The van der Waals surface area contributed by atoms with E-state index in [9.17, 15) is 4.79 Å². The second-order valence-electron chi connectivity index (χ2n) is 6.83. The Morgan fingerprint density at radius 1 is 1.25 bits per heavy atom. The van der Waals surface area contributed by atoms with Crippen molar-refractivity contribution in [3.63, 3.8) is 0 Å². The van der Waals surface area contributed by atoms with Crippen molar-refractivity contribution < 1.29 is 4.79 Å². The minimum Gasteiger partial charge on any atom is -0.347 e. The van der Waals surface area contributed by atoms with Crippen LogP contribution in [0, 0.1) is 12.8 Å². The quantitative estimate of drug-likeness (QED) is 0.718. The molecular weight excluding hydrogens is 298 g/mol. The summed E-state index contributed by atoms with van der Waals surface area (Å²) >= 11 is 0. The number of aryl methyl sites for hydroxylation is 2. The summed E-state index contributed by atoms with van der Waals surface area (Å²) in [7, 11) is 2.09. The van der Waals surface area contributed by atoms with Crippen LogP contribution in [-0.2, 0) is 20.0 Å². The molecule has 1 unspecified atom stereocenters. The number of fused-ring (bicyclic) bond motifs is 3. The van der Waals surface area contributed by atoms with E-state index in [1.54, 1.807) is 0 Å². The van der Waals surface area contributed by atoms with Crippen molar-refractivity contribution in [2.75, 3.05) is 0 Å². The van der Waals surface area contributed by atoms with Crippen LogP contribution in [0.15, 0.2) is 36.7 Å². The average Bonchev–Trinajstić information content (AvgIpc) is 3.10. The molecule has 0 N–H and O–H groups in total. The van der Waals surface area contributed by atoms with Crippen LogP contribution in [0.25, 0.3) is 10.9 Å². The van der Waals surface area contributed by atoms with E-state index in [-0.39, 0.29) is 5.92 Å². The van der Waals surface area contributed by atoms with Gasteiger partial charge in [0.1, 0.15) is 5.82 Å². The van der Waals surface area contributed by atoms with Crippen LogP contribution in [0.1, 0.15) is 41.1 Å². The first-order chi connectivity index (χ1) is 11.7. The number of imidazole rings is 1. The van der Waals surface area contributed by atoms with Crippen LogP contribution < -0.4 is 0 Å². The lowest BCUT2D eigenvalue weighted by Crippen LogP contribution is -2.24. The first-order valence-electron chi connectivity index (χ1n) is 8.75. The molecule has 0 fully saturated rings. The lowest BCUT2D eigenvalue weighted by molar-refractivity contribution is 0.0894. The Morgan fingerprint density at radius 3 is 2.88 bits per heavy atom. The third-order valence-electron chi connectivity index (χ3n) is 5.40. The van der Waals surface area contributed by atoms with Gasteiger partial charge in [0, 0.05) is 54.1 Å². The van der Waals surface area contributed by atoms with Crippen LogP contribution in [0.4, 0.5) is 0 Å². The average molecular weight is 321 g/mol. The normalized spacial score (nSPS) is 18.4. The van der Waals surface area contributed by atoms with E-state index in [2.05, 4.69) is 33.3 Å². The minimum absolute atomic E-state index is 0.0303. The molecule has 124 valence electrons. The van der Waals surface area contributed by atoms with Crippen LogP contribution >= 0.6 is 0 Å². The van der Waals surface area contributed by atoms with Crippen molar-refractivity contribution >= 4 is 16.7 Å². The van der Waals surface area contributed by atoms with Gasteiger partial charge in [0.25, 0.3) is 0 Å². The predicted molar refractivity (Wildman–Crippen MR) is 95.3 cm³/mol. The Labute approximate surface area is 142 Å². The molecule has 1 aromatic carbocycles. The molecule has 4 heteroatoms. The van der Waals surface area contributed by atoms with Gasteiger partial charge in [0.05, 0.1) is 0 Å². The first-order valence-corrected chi connectivity index (χ1v) is 8.75. The van der Waals surface area contributed by atoms with E-state index >= 15 is 0 Å². The SMILES string of the molecule is Cc1nccn1CC1CCCCc2c(c3ccccc3n2C)C1=O. The Bertz CT molecular complexity index is 903. The zero-order valence-corrected chi connectivity index (χ0v) is 14.3. The Balaban J connectivity index is 1.80. The number of carbonyl (C=O) groups is 1. The van der Waals surface area contributed by atoms with Gasteiger partial charge in [0.2, 0.25) is 0 Å². The van der Waals surface area contributed by atoms with Gasteiger partial charge < -0.3 is 9.13 Å². The van der Waals surface area contributed by atoms with Gasteiger partial charge in [-0.25, -0.2) is 4.98 Å². The molecule has 0 bridgehead atoms. The molecule has 24 heavy (non-hydrogen) atoms. The van der Waals surface area contributed by atoms with E-state index < -0.39 is 0 Å². The lowest BCUT2D eigenvalue weighted by Gasteiger charge is -2.21. The molecule has 1 aliphatic carbocycles. The number of ketones is 1. The number of benzene rings is 1. The highest BCUT2D eigenvalue weighted by atomic mass is 16.1. The second-order valence-corrected chi connectivity index (χ2v) is 6.83. The maximum absolute atomic E-state index is 13.4. The van der Waals surface area contributed by atoms with Crippen molar-refractivity contribution in [3.8, 4) is 0 Å². The summed E-state index contributed by atoms with van der Waals surface area (Å²) in [6, 6.07) is 8.28. The summed E-state index contributed by atoms with van der Waals surface area (Å²) in [6.07, 6.45) is 7.98. The Morgan fingerprint density at radius 2 is 2.08 bits per heavy atom. The van der Waals surface area contributed by atoms with E-state index in [0.717, 1.165) is 54.5 Å². The summed E-state index contributed by atoms with van der Waals surface area (Å²) < 4.78 is 4.32. The highest BCUT2D eigenvalue weighted by molar-refractivity contribution is 6.10. The van der Waals surface area contributed by atoms with Crippen molar-refractivity contribution in [1.29, 1.82) is 0 Å². The topological polar surface area (TPSA) is 39.8 Å². The lowest BCUT2D eigenvalue weighted by atomic mass is 9.87. The summed E-state index contributed by atoms with van der Waals surface area (Å²) in [4.78, 5) is 17.7. The van der Waals surface area contributed by atoms with Gasteiger partial charge in [-0.05, 0) is 32.3 Å². The molecule has 0 radical (unpaired) electrons. The summed E-state index contributed by atoms with van der Waals surface area (Å²) in [5.41, 5.74) is 3.32. The zero-order valence-electron chi connectivity index (χ0n) is 14.3. The number of nitrogens with zero attached hydrogens (tertiary/aromatic N) is 3. The fourth-order valence-corrected chi connectivity index (χ4v) is 4.04. The molecule has 4 nitrogen and oxygen atoms in total. The first kappa shape index (κ1) is 15.2. The van der Waals surface area contributed by atoms with E-state index in [1.165, 1.54) is 5.69 Å². The van der Waals surface area contributed by atoms with Crippen molar-refractivity contribution in [2.45, 2.75) is 39.2 Å². The van der Waals surface area contributed by atoms with Gasteiger partial charge >= 0.3 is 0 Å². The third-order valence-corrected chi connectivity index (χ3v) is 5.40. The summed E-state index contributed by atoms with van der Waals surface area (Å²) in [5.74, 6) is 1.31. The minimum atomic E-state index is 0.0303. The number of para-hydroxylation sites is 1. The smallest absolute Gasteiger partial charge is 0.170 e. The van der Waals surface area contributed by atoms with E-state index in [0.29, 0.717) is 5.78 Å². The molecule has 2 heterocycles. The number of hydrogen-bond acceptors (Lipinski definition) is 2. The molecule has 0 aliphatic heterocycles. The molecule has 0 saturated heterocycles. The second kappa shape index (κ2) is 5.93. The summed E-state index contributed by atoms with van der Waals surface area (Å²) in [6.45, 7) is 2.73.